The molecule has 10 aromatic rings. The number of para-hydroxylation sites is 2. The van der Waals surface area contributed by atoms with Crippen molar-refractivity contribution in [2.24, 2.45) is 0 Å². The van der Waals surface area contributed by atoms with Gasteiger partial charge in [0, 0.05) is 55.1 Å². The van der Waals surface area contributed by atoms with Crippen LogP contribution in [0.3, 0.4) is 0 Å². The number of nitrogens with one attached hydrogen (secondary N) is 2. The molecule has 3 aromatic heterocycles. The van der Waals surface area contributed by atoms with Crippen molar-refractivity contribution in [2.45, 2.75) is 0 Å². The van der Waals surface area contributed by atoms with E-state index in [-0.39, 0.29) is 11.4 Å². The van der Waals surface area contributed by atoms with Crippen LogP contribution in [0.5, 0.6) is 0 Å². The van der Waals surface area contributed by atoms with Gasteiger partial charge in [-0.05, 0) is 41.0 Å². The molecule has 0 amide bonds. The first-order valence-corrected chi connectivity index (χ1v) is 19.4. The third-order valence-electron chi connectivity index (χ3n) is 11.0. The van der Waals surface area contributed by atoms with E-state index in [1.54, 1.807) is 6.08 Å². The molecule has 0 saturated heterocycles. The molecule has 0 fully saturated rings. The Bertz CT molecular complexity index is 3330. The highest BCUT2D eigenvalue weighted by atomic mass is 16.3. The molecule has 0 radical (unpaired) electrons. The van der Waals surface area contributed by atoms with Gasteiger partial charge >= 0.3 is 0 Å². The highest BCUT2D eigenvalue weighted by molar-refractivity contribution is 6.54. The Kier molecular flexibility index (Phi) is 7.98. The monoisotopic (exact) mass is 756 g/mol. The van der Waals surface area contributed by atoms with Crippen LogP contribution in [-0.2, 0) is 0 Å². The zero-order chi connectivity index (χ0) is 39.5. The normalized spacial score (nSPS) is 12.4. The average Bonchev–Trinajstić information content (AvgIpc) is 3.69. The van der Waals surface area contributed by atoms with Crippen molar-refractivity contribution in [3.05, 3.63) is 187 Å². The molecule has 7 heteroatoms. The summed E-state index contributed by atoms with van der Waals surface area (Å²) >= 11 is 0. The number of allylic oxidation sites excluding steroid dienone is 1. The fraction of sp³-hybridized carbons (Fsp3) is 0. The van der Waals surface area contributed by atoms with Gasteiger partial charge in [0.1, 0.15) is 11.2 Å². The second-order valence-electron chi connectivity index (χ2n) is 14.6. The SMILES string of the molecule is N=C1C=Cc2c(-c3ccccc3)nc3cc(-c4ccc(-c5nc(-c6ccccc6)nc(-c6ccc(-c7cccc8c7oc7ccccc78)cc6)n5)cc4)ccc3c2C1=N. The molecule has 2 N–H and O–H groups in total. The molecule has 11 rings (SSSR count). The highest BCUT2D eigenvalue weighted by Crippen LogP contribution is 2.38. The standard InChI is InChI=1S/C52H32N6O/c53-43-29-28-42-46(47(43)54)41-27-26-37(30-44(41)55-48(42)33-10-3-1-4-11-33)31-18-22-35(23-19-31)51-56-50(34-12-5-2-6-13-34)57-52(58-51)36-24-20-32(21-25-36)38-15-9-16-40-39-14-7-8-17-45(39)59-49(38)40/h1-30,53-54H. The molecular weight excluding hydrogens is 725 g/mol. The van der Waals surface area contributed by atoms with Gasteiger partial charge in [-0.3, -0.25) is 10.8 Å². The van der Waals surface area contributed by atoms with E-state index < -0.39 is 0 Å². The van der Waals surface area contributed by atoms with Crippen molar-refractivity contribution < 1.29 is 4.42 Å². The zero-order valence-electron chi connectivity index (χ0n) is 31.5. The van der Waals surface area contributed by atoms with Crippen LogP contribution in [0.15, 0.2) is 180 Å². The smallest absolute Gasteiger partial charge is 0.164 e. The number of fused-ring (bicyclic) bond motifs is 6. The van der Waals surface area contributed by atoms with E-state index in [9.17, 15) is 0 Å². The summed E-state index contributed by atoms with van der Waals surface area (Å²) < 4.78 is 6.33. The van der Waals surface area contributed by atoms with E-state index in [1.807, 2.05) is 103 Å². The molecule has 7 aromatic carbocycles. The van der Waals surface area contributed by atoms with Crippen molar-refractivity contribution in [1.29, 1.82) is 10.8 Å². The quantitative estimate of drug-likeness (QED) is 0.175. The minimum Gasteiger partial charge on any atom is -0.455 e. The van der Waals surface area contributed by atoms with Gasteiger partial charge in [0.2, 0.25) is 0 Å². The first kappa shape index (κ1) is 34.1. The summed E-state index contributed by atoms with van der Waals surface area (Å²) in [6.07, 6.45) is 3.59. The summed E-state index contributed by atoms with van der Waals surface area (Å²) in [4.78, 5) is 20.1. The predicted molar refractivity (Wildman–Crippen MR) is 239 cm³/mol. The number of aromatic nitrogens is 4. The van der Waals surface area contributed by atoms with Crippen LogP contribution in [0.2, 0.25) is 0 Å². The second kappa shape index (κ2) is 13.8. The van der Waals surface area contributed by atoms with Gasteiger partial charge in [0.25, 0.3) is 0 Å². The number of benzene rings is 7. The average molecular weight is 757 g/mol. The lowest BCUT2D eigenvalue weighted by atomic mass is 9.87. The van der Waals surface area contributed by atoms with Gasteiger partial charge in [-0.15, -0.1) is 0 Å². The van der Waals surface area contributed by atoms with Crippen LogP contribution < -0.4 is 0 Å². The lowest BCUT2D eigenvalue weighted by molar-refractivity contribution is 0.670. The predicted octanol–water partition coefficient (Wildman–Crippen LogP) is 12.7. The lowest BCUT2D eigenvalue weighted by Crippen LogP contribution is -2.17. The molecule has 0 spiro atoms. The van der Waals surface area contributed by atoms with E-state index in [0.29, 0.717) is 17.5 Å². The van der Waals surface area contributed by atoms with Crippen molar-refractivity contribution >= 4 is 50.3 Å². The number of hydrogen-bond donors (Lipinski definition) is 2. The second-order valence-corrected chi connectivity index (χ2v) is 14.6. The maximum atomic E-state index is 8.85. The Morgan fingerprint density at radius 3 is 1.66 bits per heavy atom. The topological polar surface area (TPSA) is 112 Å². The molecule has 1 aliphatic rings. The first-order chi connectivity index (χ1) is 29.1. The van der Waals surface area contributed by atoms with Gasteiger partial charge in [0.05, 0.1) is 22.6 Å². The fourth-order valence-electron chi connectivity index (χ4n) is 8.03. The third kappa shape index (κ3) is 5.92. The molecular formula is C52H32N6O. The van der Waals surface area contributed by atoms with E-state index in [2.05, 4.69) is 72.8 Å². The van der Waals surface area contributed by atoms with E-state index in [1.165, 1.54) is 0 Å². The Morgan fingerprint density at radius 1 is 0.407 bits per heavy atom. The van der Waals surface area contributed by atoms with Crippen LogP contribution in [0, 0.1) is 10.8 Å². The Balaban J connectivity index is 0.962. The number of rotatable bonds is 6. The summed E-state index contributed by atoms with van der Waals surface area (Å²) in [6, 6.07) is 57.1. The fourth-order valence-corrected chi connectivity index (χ4v) is 8.03. The van der Waals surface area contributed by atoms with E-state index in [4.69, 9.17) is 35.2 Å². The molecule has 0 aliphatic heterocycles. The van der Waals surface area contributed by atoms with Crippen molar-refractivity contribution in [3.8, 4) is 67.7 Å². The molecule has 0 unspecified atom stereocenters. The Hall–Kier alpha value is -8.16. The minimum atomic E-state index is 0.189. The number of pyridine rings is 1. The van der Waals surface area contributed by atoms with Crippen LogP contribution >= 0.6 is 0 Å². The maximum Gasteiger partial charge on any atom is 0.164 e. The number of hydrogen-bond acceptors (Lipinski definition) is 7. The van der Waals surface area contributed by atoms with Gasteiger partial charge in [0.15, 0.2) is 17.5 Å². The molecule has 59 heavy (non-hydrogen) atoms. The molecule has 1 aliphatic carbocycles. The van der Waals surface area contributed by atoms with Crippen LogP contribution in [0.1, 0.15) is 11.1 Å². The van der Waals surface area contributed by atoms with Crippen molar-refractivity contribution in [2.75, 3.05) is 0 Å². The lowest BCUT2D eigenvalue weighted by Gasteiger charge is -2.19. The van der Waals surface area contributed by atoms with Gasteiger partial charge in [-0.1, -0.05) is 158 Å². The van der Waals surface area contributed by atoms with Gasteiger partial charge < -0.3 is 4.42 Å². The van der Waals surface area contributed by atoms with Crippen molar-refractivity contribution in [1.82, 2.24) is 19.9 Å². The third-order valence-corrected chi connectivity index (χ3v) is 11.0. The summed E-state index contributed by atoms with van der Waals surface area (Å²) in [7, 11) is 0. The Morgan fingerprint density at radius 2 is 0.966 bits per heavy atom. The van der Waals surface area contributed by atoms with Gasteiger partial charge in [-0.25, -0.2) is 19.9 Å². The summed E-state index contributed by atoms with van der Waals surface area (Å²) in [5.74, 6) is 1.75. The molecule has 276 valence electrons. The Labute approximate surface area is 339 Å². The largest absolute Gasteiger partial charge is 0.455 e. The molecule has 0 saturated carbocycles. The summed E-state index contributed by atoms with van der Waals surface area (Å²) in [5.41, 5.74) is 13.0. The number of furan rings is 1. The van der Waals surface area contributed by atoms with E-state index >= 15 is 0 Å². The van der Waals surface area contributed by atoms with Crippen LogP contribution in [-0.4, -0.2) is 31.4 Å². The first-order valence-electron chi connectivity index (χ1n) is 19.4. The van der Waals surface area contributed by atoms with Crippen molar-refractivity contribution in [3.63, 3.8) is 0 Å². The molecule has 3 heterocycles. The van der Waals surface area contributed by atoms with E-state index in [0.717, 1.165) is 94.2 Å². The zero-order valence-corrected chi connectivity index (χ0v) is 31.5. The van der Waals surface area contributed by atoms with Gasteiger partial charge in [-0.2, -0.15) is 0 Å². The van der Waals surface area contributed by atoms with Crippen LogP contribution in [0.4, 0.5) is 0 Å². The summed E-state index contributed by atoms with van der Waals surface area (Å²) in [6.45, 7) is 0. The molecule has 7 nitrogen and oxygen atoms in total. The maximum absolute atomic E-state index is 8.85. The molecule has 0 atom stereocenters. The highest BCUT2D eigenvalue weighted by Gasteiger charge is 2.23. The minimum absolute atomic E-state index is 0.189. The molecule has 0 bridgehead atoms. The number of nitrogens with zero attached hydrogens (tertiary/aromatic N) is 4. The van der Waals surface area contributed by atoms with Crippen LogP contribution in [0.25, 0.3) is 107 Å². The summed E-state index contributed by atoms with van der Waals surface area (Å²) in [5, 5.41) is 20.3.